The van der Waals surface area contributed by atoms with Gasteiger partial charge in [-0.05, 0) is 59.1 Å². The summed E-state index contributed by atoms with van der Waals surface area (Å²) in [7, 11) is -0.976. The molecule has 0 bridgehead atoms. The third kappa shape index (κ3) is 3.68. The van der Waals surface area contributed by atoms with Crippen LogP contribution in [0.2, 0.25) is 0 Å². The van der Waals surface area contributed by atoms with Crippen molar-refractivity contribution in [3.8, 4) is 11.5 Å². The van der Waals surface area contributed by atoms with Gasteiger partial charge in [0.05, 0.1) is 19.9 Å². The van der Waals surface area contributed by atoms with Gasteiger partial charge in [0.2, 0.25) is 5.91 Å². The minimum absolute atomic E-state index is 0.0213. The van der Waals surface area contributed by atoms with Gasteiger partial charge in [-0.25, -0.2) is 8.42 Å². The van der Waals surface area contributed by atoms with Gasteiger partial charge >= 0.3 is 0 Å². The smallest absolute Gasteiger partial charge is 0.263 e. The Morgan fingerprint density at radius 1 is 1.21 bits per heavy atom. The van der Waals surface area contributed by atoms with Gasteiger partial charge in [-0.3, -0.25) is 9.52 Å². The number of hydrogen-bond donors (Lipinski definition) is 1. The molecule has 1 amide bonds. The molecule has 0 fully saturated rings. The molecule has 28 heavy (non-hydrogen) atoms. The Balaban J connectivity index is 2.03. The largest absolute Gasteiger partial charge is 0.497 e. The van der Waals surface area contributed by atoms with Crippen molar-refractivity contribution >= 4 is 43.2 Å². The van der Waals surface area contributed by atoms with Crippen molar-refractivity contribution in [1.82, 2.24) is 0 Å². The van der Waals surface area contributed by atoms with Gasteiger partial charge in [0, 0.05) is 29.2 Å². The number of ether oxygens (including phenoxy) is 2. The molecule has 1 aliphatic heterocycles. The molecule has 0 aromatic heterocycles. The fourth-order valence-electron chi connectivity index (χ4n) is 3.39. The maximum absolute atomic E-state index is 13.1. The zero-order chi connectivity index (χ0) is 20.6. The zero-order valence-electron chi connectivity index (χ0n) is 15.9. The predicted octanol–water partition coefficient (Wildman–Crippen LogP) is 3.56. The fourth-order valence-corrected chi connectivity index (χ4v) is 5.57. The molecule has 0 unspecified atom stereocenters. The molecule has 2 aromatic rings. The SMILES string of the molecule is COc1ccc(NS(=O)(=O)c2cc3c(cc2Br)C[C@H](C)N3C(C)=O)c(OC)c1. The maximum Gasteiger partial charge on any atom is 0.263 e. The summed E-state index contributed by atoms with van der Waals surface area (Å²) in [5.74, 6) is 0.755. The molecule has 1 aliphatic rings. The Morgan fingerprint density at radius 3 is 2.54 bits per heavy atom. The van der Waals surface area contributed by atoms with Crippen molar-refractivity contribution in [2.45, 2.75) is 31.2 Å². The highest BCUT2D eigenvalue weighted by Gasteiger charge is 2.32. The summed E-state index contributed by atoms with van der Waals surface area (Å²) in [5.41, 5.74) is 1.83. The van der Waals surface area contributed by atoms with Crippen LogP contribution < -0.4 is 19.1 Å². The first-order chi connectivity index (χ1) is 13.2. The van der Waals surface area contributed by atoms with Gasteiger partial charge < -0.3 is 14.4 Å². The van der Waals surface area contributed by atoms with Crippen molar-refractivity contribution in [3.05, 3.63) is 40.4 Å². The van der Waals surface area contributed by atoms with Crippen LogP contribution in [-0.4, -0.2) is 34.6 Å². The number of benzene rings is 2. The second kappa shape index (κ2) is 7.63. The minimum atomic E-state index is -3.94. The third-order valence-electron chi connectivity index (χ3n) is 4.63. The normalized spacial score (nSPS) is 15.9. The summed E-state index contributed by atoms with van der Waals surface area (Å²) in [6.45, 7) is 3.41. The van der Waals surface area contributed by atoms with Gasteiger partial charge in [-0.15, -0.1) is 0 Å². The molecule has 0 saturated carbocycles. The summed E-state index contributed by atoms with van der Waals surface area (Å²) in [5, 5.41) is 0. The lowest BCUT2D eigenvalue weighted by Gasteiger charge is -2.21. The Bertz CT molecular complexity index is 1040. The van der Waals surface area contributed by atoms with E-state index in [4.69, 9.17) is 9.47 Å². The number of carbonyl (C=O) groups is 1. The van der Waals surface area contributed by atoms with Crippen LogP contribution in [0, 0.1) is 0 Å². The standard InChI is InChI=1S/C19H21BrN2O5S/c1-11-7-13-8-15(20)19(10-17(13)22(11)12(2)23)28(24,25)21-16-6-5-14(26-3)9-18(16)27-4/h5-6,8-11,21H,7H2,1-4H3/t11-/m0/s1. The van der Waals surface area contributed by atoms with E-state index in [-0.39, 0.29) is 22.5 Å². The van der Waals surface area contributed by atoms with Crippen LogP contribution in [0.5, 0.6) is 11.5 Å². The number of halogens is 1. The van der Waals surface area contributed by atoms with E-state index < -0.39 is 10.0 Å². The van der Waals surface area contributed by atoms with Crippen LogP contribution in [0.15, 0.2) is 39.7 Å². The molecule has 2 aromatic carbocycles. The topological polar surface area (TPSA) is 84.9 Å². The molecular weight excluding hydrogens is 448 g/mol. The molecule has 1 N–H and O–H groups in total. The molecule has 9 heteroatoms. The first-order valence-corrected chi connectivity index (χ1v) is 10.8. The monoisotopic (exact) mass is 468 g/mol. The van der Waals surface area contributed by atoms with Gasteiger partial charge in [0.1, 0.15) is 16.4 Å². The minimum Gasteiger partial charge on any atom is -0.497 e. The number of carbonyl (C=O) groups excluding carboxylic acids is 1. The van der Waals surface area contributed by atoms with Crippen molar-refractivity contribution in [1.29, 1.82) is 0 Å². The number of anilines is 2. The Labute approximate surface area is 172 Å². The highest BCUT2D eigenvalue weighted by atomic mass is 79.9. The number of nitrogens with one attached hydrogen (secondary N) is 1. The van der Waals surface area contributed by atoms with Crippen molar-refractivity contribution in [2.24, 2.45) is 0 Å². The van der Waals surface area contributed by atoms with E-state index in [1.54, 1.807) is 29.2 Å². The molecule has 0 radical (unpaired) electrons. The van der Waals surface area contributed by atoms with Crippen LogP contribution in [0.3, 0.4) is 0 Å². The fraction of sp³-hybridized carbons (Fsp3) is 0.316. The quantitative estimate of drug-likeness (QED) is 0.724. The van der Waals surface area contributed by atoms with E-state index >= 15 is 0 Å². The average molecular weight is 469 g/mol. The first-order valence-electron chi connectivity index (χ1n) is 8.55. The van der Waals surface area contributed by atoms with E-state index in [1.165, 1.54) is 27.2 Å². The van der Waals surface area contributed by atoms with Crippen LogP contribution >= 0.6 is 15.9 Å². The van der Waals surface area contributed by atoms with E-state index in [2.05, 4.69) is 20.7 Å². The van der Waals surface area contributed by atoms with Crippen LogP contribution in [0.25, 0.3) is 0 Å². The summed E-state index contributed by atoms with van der Waals surface area (Å²) < 4.78 is 39.5. The lowest BCUT2D eigenvalue weighted by molar-refractivity contribution is -0.116. The van der Waals surface area contributed by atoms with Crippen LogP contribution in [0.1, 0.15) is 19.4 Å². The molecule has 0 aliphatic carbocycles. The Hall–Kier alpha value is -2.26. The van der Waals surface area contributed by atoms with E-state index in [0.717, 1.165) is 5.56 Å². The molecule has 3 rings (SSSR count). The molecule has 150 valence electrons. The van der Waals surface area contributed by atoms with Crippen molar-refractivity contribution < 1.29 is 22.7 Å². The second-order valence-corrected chi connectivity index (χ2v) is 9.03. The number of hydrogen-bond acceptors (Lipinski definition) is 5. The summed E-state index contributed by atoms with van der Waals surface area (Å²) in [4.78, 5) is 13.7. The maximum atomic E-state index is 13.1. The first kappa shape index (κ1) is 20.5. The number of rotatable bonds is 5. The lowest BCUT2D eigenvalue weighted by Crippen LogP contribution is -2.33. The third-order valence-corrected chi connectivity index (χ3v) is 6.95. The van der Waals surface area contributed by atoms with E-state index in [1.807, 2.05) is 6.92 Å². The van der Waals surface area contributed by atoms with E-state index in [0.29, 0.717) is 28.1 Å². The number of sulfonamides is 1. The van der Waals surface area contributed by atoms with Crippen LogP contribution in [0.4, 0.5) is 11.4 Å². The second-order valence-electron chi connectivity index (χ2n) is 6.53. The van der Waals surface area contributed by atoms with Gasteiger partial charge in [-0.1, -0.05) is 0 Å². The molecule has 1 atom stereocenters. The molecule has 1 heterocycles. The predicted molar refractivity (Wildman–Crippen MR) is 111 cm³/mol. The Morgan fingerprint density at radius 2 is 1.93 bits per heavy atom. The van der Waals surface area contributed by atoms with Crippen molar-refractivity contribution in [2.75, 3.05) is 23.8 Å². The Kier molecular flexibility index (Phi) is 5.58. The molecular formula is C19H21BrN2O5S. The van der Waals surface area contributed by atoms with Gasteiger partial charge in [-0.2, -0.15) is 0 Å². The number of methoxy groups -OCH3 is 2. The van der Waals surface area contributed by atoms with E-state index in [9.17, 15) is 13.2 Å². The average Bonchev–Trinajstić information content (AvgIpc) is 2.95. The van der Waals surface area contributed by atoms with Crippen LogP contribution in [-0.2, 0) is 21.2 Å². The molecule has 0 spiro atoms. The van der Waals surface area contributed by atoms with Gasteiger partial charge in [0.15, 0.2) is 0 Å². The number of amides is 1. The highest BCUT2D eigenvalue weighted by molar-refractivity contribution is 9.10. The lowest BCUT2D eigenvalue weighted by atomic mass is 10.1. The zero-order valence-corrected chi connectivity index (χ0v) is 18.3. The molecule has 0 saturated heterocycles. The van der Waals surface area contributed by atoms with Crippen molar-refractivity contribution in [3.63, 3.8) is 0 Å². The summed E-state index contributed by atoms with van der Waals surface area (Å²) in [6.07, 6.45) is 0.674. The summed E-state index contributed by atoms with van der Waals surface area (Å²) in [6, 6.07) is 8.07. The molecule has 7 nitrogen and oxygen atoms in total. The number of nitrogens with zero attached hydrogens (tertiary/aromatic N) is 1. The number of fused-ring (bicyclic) bond motifs is 1. The van der Waals surface area contributed by atoms with Gasteiger partial charge in [0.25, 0.3) is 10.0 Å². The highest BCUT2D eigenvalue weighted by Crippen LogP contribution is 2.39. The summed E-state index contributed by atoms with van der Waals surface area (Å²) >= 11 is 3.36.